The van der Waals surface area contributed by atoms with E-state index in [1.165, 1.54) is 36.4 Å². The highest BCUT2D eigenvalue weighted by atomic mass is 16.6. The van der Waals surface area contributed by atoms with E-state index in [1.807, 2.05) is 0 Å². The first-order chi connectivity index (χ1) is 31.0. The molecule has 0 spiro atoms. The first kappa shape index (κ1) is 48.3. The Labute approximate surface area is 379 Å². The maximum Gasteiger partial charge on any atom is 0.424 e. The average molecular weight is 913 g/mol. The number of carbonyl (C=O) groups excluding carboxylic acids is 12. The van der Waals surface area contributed by atoms with Crippen LogP contribution in [0.2, 0.25) is 0 Å². The number of anilines is 2. The third-order valence-corrected chi connectivity index (χ3v) is 11.0. The summed E-state index contributed by atoms with van der Waals surface area (Å²) in [4.78, 5) is 160. The number of imide groups is 8. The summed E-state index contributed by atoms with van der Waals surface area (Å²) in [5, 5.41) is 5.38. The quantitative estimate of drug-likeness (QED) is 0.186. The van der Waals surface area contributed by atoms with Crippen molar-refractivity contribution in [3.05, 3.63) is 58.7 Å². The number of unbranched alkanes of at least 4 members (excludes halogenated alkanes) is 5. The van der Waals surface area contributed by atoms with Gasteiger partial charge in [-0.05, 0) is 91.5 Å². The monoisotopic (exact) mass is 912 g/mol. The fourth-order valence-electron chi connectivity index (χ4n) is 8.10. The minimum absolute atomic E-state index is 0.0375. The van der Waals surface area contributed by atoms with Gasteiger partial charge in [-0.2, -0.15) is 9.80 Å². The second-order valence-corrected chi connectivity index (χ2v) is 18.3. The molecule has 20 nitrogen and oxygen atoms in total. The van der Waals surface area contributed by atoms with Gasteiger partial charge in [0.05, 0.1) is 33.6 Å². The van der Waals surface area contributed by atoms with Crippen LogP contribution >= 0.6 is 0 Å². The van der Waals surface area contributed by atoms with Crippen molar-refractivity contribution < 1.29 is 67.0 Å². The maximum atomic E-state index is 13.7. The third-order valence-electron chi connectivity index (χ3n) is 11.0. The van der Waals surface area contributed by atoms with E-state index in [0.29, 0.717) is 35.5 Å². The lowest BCUT2D eigenvalue weighted by Gasteiger charge is -2.34. The summed E-state index contributed by atoms with van der Waals surface area (Å²) in [5.74, 6) is -7.85. The normalized spacial score (nSPS) is 18.8. The van der Waals surface area contributed by atoms with Gasteiger partial charge in [-0.25, -0.2) is 9.59 Å². The minimum Gasteiger partial charge on any atom is -0.443 e. The number of fused-ring (bicyclic) bond motifs is 2. The zero-order chi connectivity index (χ0) is 48.4. The Balaban J connectivity index is 0.936. The lowest BCUT2D eigenvalue weighted by atomic mass is 10.0. The zero-order valence-corrected chi connectivity index (χ0v) is 37.6. The molecular weight excluding hydrogens is 861 g/mol. The fourth-order valence-corrected chi connectivity index (χ4v) is 8.10. The number of nitrogens with one attached hydrogen (secondary N) is 2. The van der Waals surface area contributed by atoms with Crippen LogP contribution in [0.25, 0.3) is 0 Å². The van der Waals surface area contributed by atoms with E-state index in [4.69, 9.17) is 9.47 Å². The van der Waals surface area contributed by atoms with Gasteiger partial charge in [0.2, 0.25) is 23.6 Å². The van der Waals surface area contributed by atoms with E-state index in [0.717, 1.165) is 22.6 Å². The molecule has 66 heavy (non-hydrogen) atoms. The van der Waals surface area contributed by atoms with Crippen LogP contribution in [0.5, 0.6) is 0 Å². The van der Waals surface area contributed by atoms with Crippen LogP contribution < -0.4 is 10.6 Å². The van der Waals surface area contributed by atoms with Crippen LogP contribution in [-0.4, -0.2) is 114 Å². The Morgan fingerprint density at radius 3 is 1.23 bits per heavy atom. The van der Waals surface area contributed by atoms with Gasteiger partial charge in [0, 0.05) is 25.7 Å². The number of piperidine rings is 2. The number of ether oxygens (including phenoxy) is 2. The molecule has 0 saturated carbocycles. The van der Waals surface area contributed by atoms with Crippen LogP contribution in [0.4, 0.5) is 21.0 Å². The molecule has 12 amide bonds. The topological polar surface area (TPSA) is 260 Å². The maximum absolute atomic E-state index is 13.7. The van der Waals surface area contributed by atoms with Crippen molar-refractivity contribution in [3.63, 3.8) is 0 Å². The van der Waals surface area contributed by atoms with Crippen LogP contribution in [0.1, 0.15) is 160 Å². The highest BCUT2D eigenvalue weighted by Crippen LogP contribution is 2.36. The molecule has 0 radical (unpaired) electrons. The van der Waals surface area contributed by atoms with Gasteiger partial charge in [-0.3, -0.25) is 57.7 Å². The summed E-state index contributed by atoms with van der Waals surface area (Å²) in [6, 6.07) is 5.80. The van der Waals surface area contributed by atoms with Crippen LogP contribution in [0, 0.1) is 0 Å². The van der Waals surface area contributed by atoms with Gasteiger partial charge in [0.25, 0.3) is 35.4 Å². The number of hydrogen-bond acceptors (Lipinski definition) is 14. The molecule has 2 aromatic carbocycles. The molecular formula is C46H52N6O14. The largest absolute Gasteiger partial charge is 0.443 e. The summed E-state index contributed by atoms with van der Waals surface area (Å²) in [6.45, 7) is 9.35. The first-order valence-electron chi connectivity index (χ1n) is 21.8. The van der Waals surface area contributed by atoms with Gasteiger partial charge in [0.1, 0.15) is 23.3 Å². The Kier molecular flexibility index (Phi) is 14.0. The summed E-state index contributed by atoms with van der Waals surface area (Å²) >= 11 is 0. The molecule has 0 bridgehead atoms. The molecule has 2 saturated heterocycles. The molecule has 20 heteroatoms. The molecule has 2 atom stereocenters. The molecule has 6 rings (SSSR count). The molecule has 4 heterocycles. The van der Waals surface area contributed by atoms with E-state index in [2.05, 4.69) is 10.6 Å². The summed E-state index contributed by atoms with van der Waals surface area (Å²) in [7, 11) is 0. The molecule has 2 aromatic rings. The van der Waals surface area contributed by atoms with Crippen molar-refractivity contribution in [2.24, 2.45) is 0 Å². The van der Waals surface area contributed by atoms with Gasteiger partial charge < -0.3 is 20.1 Å². The van der Waals surface area contributed by atoms with Crippen LogP contribution in [0.3, 0.4) is 0 Å². The Hall–Kier alpha value is -7.12. The molecule has 2 unspecified atom stereocenters. The molecule has 0 aliphatic carbocycles. The van der Waals surface area contributed by atoms with Gasteiger partial charge >= 0.3 is 12.2 Å². The van der Waals surface area contributed by atoms with Gasteiger partial charge in [-0.15, -0.1) is 0 Å². The Bertz CT molecular complexity index is 2280. The molecule has 4 aliphatic heterocycles. The average Bonchev–Trinajstić information content (AvgIpc) is 3.62. The molecule has 350 valence electrons. The van der Waals surface area contributed by atoms with Crippen molar-refractivity contribution in [1.82, 2.24) is 19.6 Å². The second kappa shape index (κ2) is 19.2. The predicted molar refractivity (Wildman–Crippen MR) is 230 cm³/mol. The Morgan fingerprint density at radius 2 is 0.879 bits per heavy atom. The van der Waals surface area contributed by atoms with Crippen molar-refractivity contribution in [1.29, 1.82) is 0 Å². The molecule has 2 N–H and O–H groups in total. The van der Waals surface area contributed by atoms with Crippen molar-refractivity contribution in [2.45, 2.75) is 142 Å². The smallest absolute Gasteiger partial charge is 0.424 e. The number of likely N-dealkylation sites (tertiary alicyclic amines) is 2. The van der Waals surface area contributed by atoms with E-state index in [1.54, 1.807) is 41.5 Å². The standard InChI is InChI=1S/C46H52N6O14/c1-45(2,3)65-43(63)51-33(55)23-21-29(39(51)59)49-37(57)25-15-13-17-27(35(25)41(49)61)47-31(53)19-11-9-7-8-10-12-20-32(54)48-28-18-14-16-26-36(28)42(62)50(38(26)58)30-22-24-34(56)52(40(30)60)44(64)66-46(4,5)6/h13-18,29-30H,7-12,19-24H2,1-6H3,(H,47,53)(H,48,54). The number of amides is 12. The number of hydrogen-bond donors (Lipinski definition) is 2. The number of rotatable bonds is 13. The van der Waals surface area contributed by atoms with Gasteiger partial charge in [-0.1, -0.05) is 37.8 Å². The number of benzene rings is 2. The van der Waals surface area contributed by atoms with Crippen molar-refractivity contribution in [2.75, 3.05) is 10.6 Å². The SMILES string of the molecule is CC(C)(C)OC(=O)N1C(=O)CCC(N2C(=O)c3cccc(NC(=O)CCCCCCCCC(=O)Nc4cccc5c4C(=O)N(C4CCC(=O)N(C(=O)OC(C)(C)C)C4=O)C5=O)c3C2=O)C1=O. The van der Waals surface area contributed by atoms with E-state index >= 15 is 0 Å². The van der Waals surface area contributed by atoms with Crippen molar-refractivity contribution >= 4 is 82.6 Å². The Morgan fingerprint density at radius 1 is 0.530 bits per heavy atom. The minimum atomic E-state index is -1.44. The highest BCUT2D eigenvalue weighted by Gasteiger charge is 2.52. The lowest BCUT2D eigenvalue weighted by molar-refractivity contribution is -0.151. The molecule has 0 aromatic heterocycles. The van der Waals surface area contributed by atoms with Crippen LogP contribution in [0.15, 0.2) is 36.4 Å². The number of carbonyl (C=O) groups is 12. The highest BCUT2D eigenvalue weighted by molar-refractivity contribution is 6.28. The first-order valence-corrected chi connectivity index (χ1v) is 21.8. The van der Waals surface area contributed by atoms with E-state index in [9.17, 15) is 57.5 Å². The summed E-state index contributed by atoms with van der Waals surface area (Å²) in [5.41, 5.74) is -2.16. The van der Waals surface area contributed by atoms with Crippen LogP contribution in [-0.2, 0) is 38.2 Å². The van der Waals surface area contributed by atoms with Gasteiger partial charge in [0.15, 0.2) is 0 Å². The van der Waals surface area contributed by atoms with E-state index in [-0.39, 0.29) is 72.2 Å². The molecule has 2 fully saturated rings. The lowest BCUT2D eigenvalue weighted by Crippen LogP contribution is -2.58. The molecule has 4 aliphatic rings. The third kappa shape index (κ3) is 10.2. The second-order valence-electron chi connectivity index (χ2n) is 18.3. The fraction of sp³-hybridized carbons (Fsp3) is 0.478. The zero-order valence-electron chi connectivity index (χ0n) is 37.6. The number of nitrogens with zero attached hydrogens (tertiary/aromatic N) is 4. The summed E-state index contributed by atoms with van der Waals surface area (Å²) < 4.78 is 10.4. The predicted octanol–water partition coefficient (Wildman–Crippen LogP) is 5.48. The van der Waals surface area contributed by atoms with E-state index < -0.39 is 94.5 Å². The summed E-state index contributed by atoms with van der Waals surface area (Å²) in [6.07, 6.45) is 0.662. The van der Waals surface area contributed by atoms with Crippen molar-refractivity contribution in [3.8, 4) is 0 Å².